The van der Waals surface area contributed by atoms with E-state index in [2.05, 4.69) is 0 Å². The van der Waals surface area contributed by atoms with E-state index in [1.807, 2.05) is 6.92 Å². The Morgan fingerprint density at radius 2 is 2.45 bits per heavy atom. The van der Waals surface area contributed by atoms with Crippen molar-refractivity contribution in [2.45, 2.75) is 38.4 Å². The van der Waals surface area contributed by atoms with Crippen LogP contribution in [-0.2, 0) is 9.47 Å². The van der Waals surface area contributed by atoms with Crippen LogP contribution >= 0.6 is 0 Å². The van der Waals surface area contributed by atoms with Gasteiger partial charge in [0.1, 0.15) is 0 Å². The molecule has 0 bridgehead atoms. The maximum absolute atomic E-state index is 5.69. The summed E-state index contributed by atoms with van der Waals surface area (Å²) < 4.78 is 11.4. The van der Waals surface area contributed by atoms with E-state index >= 15 is 0 Å². The molecule has 2 atom stereocenters. The molecule has 2 heteroatoms. The van der Waals surface area contributed by atoms with Crippen LogP contribution in [0.15, 0.2) is 0 Å². The molecule has 1 saturated heterocycles. The van der Waals surface area contributed by atoms with Crippen LogP contribution in [0.5, 0.6) is 0 Å². The highest BCUT2D eigenvalue weighted by atomic mass is 16.7. The molecule has 2 rings (SSSR count). The van der Waals surface area contributed by atoms with Gasteiger partial charge in [0.05, 0.1) is 6.61 Å². The molecule has 1 aliphatic heterocycles. The number of hydrogen-bond acceptors (Lipinski definition) is 2. The minimum absolute atomic E-state index is 0.144. The van der Waals surface area contributed by atoms with Gasteiger partial charge in [-0.15, -0.1) is 0 Å². The van der Waals surface area contributed by atoms with E-state index in [0.717, 1.165) is 19.6 Å². The maximum atomic E-state index is 5.69. The van der Waals surface area contributed by atoms with Crippen LogP contribution < -0.4 is 0 Å². The average Bonchev–Trinajstić information content (AvgIpc) is 2.45. The van der Waals surface area contributed by atoms with Gasteiger partial charge in [-0.3, -0.25) is 0 Å². The molecule has 1 aliphatic carbocycles. The SMILES string of the molecule is CCOC12CCCC1CCO2. The van der Waals surface area contributed by atoms with Gasteiger partial charge in [-0.05, 0) is 26.2 Å². The monoisotopic (exact) mass is 156 g/mol. The first-order valence-corrected chi connectivity index (χ1v) is 4.65. The largest absolute Gasteiger partial charge is 0.350 e. The highest BCUT2D eigenvalue weighted by Gasteiger charge is 2.48. The fourth-order valence-electron chi connectivity index (χ4n) is 2.42. The van der Waals surface area contributed by atoms with Crippen molar-refractivity contribution in [3.63, 3.8) is 0 Å². The summed E-state index contributed by atoms with van der Waals surface area (Å²) in [6.45, 7) is 3.74. The first-order valence-electron chi connectivity index (χ1n) is 4.65. The lowest BCUT2D eigenvalue weighted by Crippen LogP contribution is -2.34. The first kappa shape index (κ1) is 7.56. The van der Waals surface area contributed by atoms with E-state index in [-0.39, 0.29) is 5.79 Å². The van der Waals surface area contributed by atoms with Crippen molar-refractivity contribution in [3.05, 3.63) is 0 Å². The standard InChI is InChI=1S/C9H16O2/c1-2-10-9-6-3-4-8(9)5-7-11-9/h8H,2-7H2,1H3. The van der Waals surface area contributed by atoms with Gasteiger partial charge >= 0.3 is 0 Å². The second-order valence-electron chi connectivity index (χ2n) is 3.47. The normalized spacial score (nSPS) is 42.8. The third-order valence-electron chi connectivity index (χ3n) is 2.90. The minimum Gasteiger partial charge on any atom is -0.350 e. The van der Waals surface area contributed by atoms with Gasteiger partial charge in [-0.25, -0.2) is 0 Å². The third-order valence-corrected chi connectivity index (χ3v) is 2.90. The van der Waals surface area contributed by atoms with Crippen molar-refractivity contribution in [3.8, 4) is 0 Å². The quantitative estimate of drug-likeness (QED) is 0.608. The smallest absolute Gasteiger partial charge is 0.171 e. The van der Waals surface area contributed by atoms with Gasteiger partial charge in [0.2, 0.25) is 0 Å². The summed E-state index contributed by atoms with van der Waals surface area (Å²) in [5.41, 5.74) is 0. The predicted octanol–water partition coefficient (Wildman–Crippen LogP) is 1.94. The molecule has 0 spiro atoms. The Balaban J connectivity index is 2.07. The summed E-state index contributed by atoms with van der Waals surface area (Å²) >= 11 is 0. The molecule has 0 amide bonds. The molecular formula is C9H16O2. The van der Waals surface area contributed by atoms with Gasteiger partial charge in [-0.1, -0.05) is 0 Å². The van der Waals surface area contributed by atoms with Crippen molar-refractivity contribution >= 4 is 0 Å². The number of hydrogen-bond donors (Lipinski definition) is 0. The van der Waals surface area contributed by atoms with E-state index in [1.165, 1.54) is 19.3 Å². The fourth-order valence-corrected chi connectivity index (χ4v) is 2.42. The van der Waals surface area contributed by atoms with Crippen LogP contribution in [0.2, 0.25) is 0 Å². The van der Waals surface area contributed by atoms with E-state index in [4.69, 9.17) is 9.47 Å². The Morgan fingerprint density at radius 1 is 1.55 bits per heavy atom. The summed E-state index contributed by atoms with van der Waals surface area (Å²) in [6, 6.07) is 0. The zero-order valence-electron chi connectivity index (χ0n) is 7.14. The lowest BCUT2D eigenvalue weighted by atomic mass is 10.0. The molecule has 11 heavy (non-hydrogen) atoms. The van der Waals surface area contributed by atoms with E-state index < -0.39 is 0 Å². The van der Waals surface area contributed by atoms with Gasteiger partial charge < -0.3 is 9.47 Å². The topological polar surface area (TPSA) is 18.5 Å². The Morgan fingerprint density at radius 3 is 3.27 bits per heavy atom. The van der Waals surface area contributed by atoms with Crippen LogP contribution in [0.3, 0.4) is 0 Å². The number of fused-ring (bicyclic) bond motifs is 1. The lowest BCUT2D eigenvalue weighted by molar-refractivity contribution is -0.218. The van der Waals surface area contributed by atoms with Crippen molar-refractivity contribution in [2.75, 3.05) is 13.2 Å². The Kier molecular flexibility index (Phi) is 1.90. The van der Waals surface area contributed by atoms with Gasteiger partial charge in [0, 0.05) is 18.9 Å². The van der Waals surface area contributed by atoms with Crippen molar-refractivity contribution in [2.24, 2.45) is 5.92 Å². The molecule has 0 aromatic heterocycles. The highest BCUT2D eigenvalue weighted by molar-refractivity contribution is 4.90. The second-order valence-corrected chi connectivity index (χ2v) is 3.47. The van der Waals surface area contributed by atoms with Gasteiger partial charge in [-0.2, -0.15) is 0 Å². The van der Waals surface area contributed by atoms with Crippen molar-refractivity contribution in [1.82, 2.24) is 0 Å². The molecule has 0 N–H and O–H groups in total. The number of ether oxygens (including phenoxy) is 2. The molecule has 1 saturated carbocycles. The average molecular weight is 156 g/mol. The third kappa shape index (κ3) is 1.09. The maximum Gasteiger partial charge on any atom is 0.171 e. The molecular weight excluding hydrogens is 140 g/mol. The van der Waals surface area contributed by atoms with Crippen molar-refractivity contribution < 1.29 is 9.47 Å². The van der Waals surface area contributed by atoms with Crippen LogP contribution in [0, 0.1) is 5.92 Å². The molecule has 0 aromatic carbocycles. The summed E-state index contributed by atoms with van der Waals surface area (Å²) in [7, 11) is 0. The molecule has 2 fully saturated rings. The summed E-state index contributed by atoms with van der Waals surface area (Å²) in [5, 5.41) is 0. The molecule has 2 aliphatic rings. The Bertz CT molecular complexity index is 134. The van der Waals surface area contributed by atoms with Crippen LogP contribution in [0.25, 0.3) is 0 Å². The van der Waals surface area contributed by atoms with E-state index in [1.54, 1.807) is 0 Å². The van der Waals surface area contributed by atoms with Gasteiger partial charge in [0.15, 0.2) is 5.79 Å². The number of rotatable bonds is 2. The Hall–Kier alpha value is -0.0800. The van der Waals surface area contributed by atoms with E-state index in [9.17, 15) is 0 Å². The molecule has 1 heterocycles. The lowest BCUT2D eigenvalue weighted by Gasteiger charge is -2.27. The molecule has 0 aromatic rings. The highest BCUT2D eigenvalue weighted by Crippen LogP contribution is 2.45. The Labute approximate surface area is 67.9 Å². The zero-order valence-corrected chi connectivity index (χ0v) is 7.14. The summed E-state index contributed by atoms with van der Waals surface area (Å²) in [4.78, 5) is 0. The zero-order chi connectivity index (χ0) is 7.73. The molecule has 2 nitrogen and oxygen atoms in total. The van der Waals surface area contributed by atoms with Crippen LogP contribution in [0.4, 0.5) is 0 Å². The molecule has 2 unspecified atom stereocenters. The summed E-state index contributed by atoms with van der Waals surface area (Å²) in [5.74, 6) is 0.553. The van der Waals surface area contributed by atoms with Crippen molar-refractivity contribution in [1.29, 1.82) is 0 Å². The summed E-state index contributed by atoms with van der Waals surface area (Å²) in [6.07, 6.45) is 4.91. The fraction of sp³-hybridized carbons (Fsp3) is 1.00. The minimum atomic E-state index is -0.144. The van der Waals surface area contributed by atoms with E-state index in [0.29, 0.717) is 5.92 Å². The van der Waals surface area contributed by atoms with Gasteiger partial charge in [0.25, 0.3) is 0 Å². The predicted molar refractivity (Wildman–Crippen MR) is 42.3 cm³/mol. The van der Waals surface area contributed by atoms with Crippen LogP contribution in [-0.4, -0.2) is 19.0 Å². The molecule has 0 radical (unpaired) electrons. The first-order chi connectivity index (χ1) is 5.37. The second kappa shape index (κ2) is 2.76. The molecule has 64 valence electrons. The van der Waals surface area contributed by atoms with Crippen LogP contribution in [0.1, 0.15) is 32.6 Å².